The van der Waals surface area contributed by atoms with Crippen LogP contribution >= 0.6 is 0 Å². The standard InChI is InChI=1S/C48H63FN10O4/c1-33-9-8-10-41(49)39(33)30-56-31-40(44(32-56)54(2)3)34-11-13-36(14-12-34)58-27-25-55(26-28-58)22-7-5-4-6-21-50-46(61)35-19-23-57(24-20-35)37-15-16-42-38(29-37)48(63)59(53-52-42)43-17-18-45(60)51-47(43)62/h8-16,29,35,40,43-44H,4-7,17-28,30-32H2,1-3H3,(H,50,61)(H,51,60,62)/t40-,43?,44+/m1/s1. The maximum Gasteiger partial charge on any atom is 0.278 e. The maximum absolute atomic E-state index is 14.7. The average Bonchev–Trinajstić information content (AvgIpc) is 3.72. The normalized spacial score (nSPS) is 21.7. The van der Waals surface area contributed by atoms with Gasteiger partial charge in [-0.2, -0.15) is 4.68 Å². The highest BCUT2D eigenvalue weighted by Crippen LogP contribution is 2.33. The van der Waals surface area contributed by atoms with Gasteiger partial charge in [0.1, 0.15) is 17.4 Å². The van der Waals surface area contributed by atoms with E-state index in [2.05, 4.69) is 83.8 Å². The second-order valence-electron chi connectivity index (χ2n) is 18.3. The largest absolute Gasteiger partial charge is 0.371 e. The van der Waals surface area contributed by atoms with Crippen LogP contribution in [0.4, 0.5) is 15.8 Å². The Morgan fingerprint density at radius 2 is 1.57 bits per heavy atom. The second-order valence-corrected chi connectivity index (χ2v) is 18.3. The lowest BCUT2D eigenvalue weighted by atomic mass is 9.93. The number of likely N-dealkylation sites (tertiary alicyclic amines) is 1. The van der Waals surface area contributed by atoms with Crippen molar-refractivity contribution in [3.8, 4) is 0 Å². The Balaban J connectivity index is 0.705. The number of hydrogen-bond acceptors (Lipinski definition) is 11. The lowest BCUT2D eigenvalue weighted by Crippen LogP contribution is -2.46. The molecule has 4 aliphatic heterocycles. The van der Waals surface area contributed by atoms with Gasteiger partial charge >= 0.3 is 0 Å². The van der Waals surface area contributed by atoms with Crippen LogP contribution in [0.3, 0.4) is 0 Å². The molecule has 14 nitrogen and oxygen atoms in total. The van der Waals surface area contributed by atoms with Crippen molar-refractivity contribution < 1.29 is 18.8 Å². The molecule has 3 aromatic carbocycles. The van der Waals surface area contributed by atoms with Gasteiger partial charge in [0.15, 0.2) is 0 Å². The molecule has 2 N–H and O–H groups in total. The number of amides is 3. The van der Waals surface area contributed by atoms with Gasteiger partial charge < -0.3 is 20.0 Å². The summed E-state index contributed by atoms with van der Waals surface area (Å²) < 4.78 is 15.7. The summed E-state index contributed by atoms with van der Waals surface area (Å²) in [7, 11) is 4.31. The van der Waals surface area contributed by atoms with Gasteiger partial charge in [-0.3, -0.25) is 34.3 Å². The van der Waals surface area contributed by atoms with Crippen LogP contribution in [0.25, 0.3) is 10.9 Å². The van der Waals surface area contributed by atoms with Gasteiger partial charge in [-0.25, -0.2) is 4.39 Å². The van der Waals surface area contributed by atoms with Crippen LogP contribution in [-0.2, 0) is 20.9 Å². The highest BCUT2D eigenvalue weighted by molar-refractivity contribution is 5.99. The van der Waals surface area contributed by atoms with Gasteiger partial charge in [-0.05, 0) is 107 Å². The molecule has 4 aromatic rings. The van der Waals surface area contributed by atoms with Crippen molar-refractivity contribution in [2.45, 2.75) is 82.8 Å². The van der Waals surface area contributed by atoms with Crippen molar-refractivity contribution in [3.05, 3.63) is 93.5 Å². The Morgan fingerprint density at radius 3 is 2.30 bits per heavy atom. The molecule has 3 amide bonds. The van der Waals surface area contributed by atoms with E-state index < -0.39 is 17.5 Å². The van der Waals surface area contributed by atoms with Crippen LogP contribution in [0.1, 0.15) is 80.0 Å². The van der Waals surface area contributed by atoms with E-state index in [1.54, 1.807) is 24.3 Å². The third kappa shape index (κ3) is 10.4. The number of nitrogens with one attached hydrogen (secondary N) is 2. The summed E-state index contributed by atoms with van der Waals surface area (Å²) in [5.74, 6) is -0.544. The Morgan fingerprint density at radius 1 is 0.841 bits per heavy atom. The number of unbranched alkanes of at least 4 members (excludes halogenated alkanes) is 3. The molecule has 336 valence electrons. The molecule has 4 fully saturated rings. The number of imide groups is 1. The van der Waals surface area contributed by atoms with Crippen LogP contribution in [0, 0.1) is 18.7 Å². The van der Waals surface area contributed by atoms with Crippen molar-refractivity contribution in [2.75, 3.05) is 89.3 Å². The van der Waals surface area contributed by atoms with Crippen LogP contribution in [0.5, 0.6) is 0 Å². The number of likely N-dealkylation sites (N-methyl/N-ethyl adjacent to an activating group) is 1. The zero-order valence-electron chi connectivity index (χ0n) is 37.1. The minimum Gasteiger partial charge on any atom is -0.371 e. The minimum atomic E-state index is -0.867. The van der Waals surface area contributed by atoms with E-state index in [0.717, 1.165) is 106 Å². The predicted molar refractivity (Wildman–Crippen MR) is 243 cm³/mol. The SMILES string of the molecule is Cc1cccc(F)c1CN1C[C@H](c2ccc(N3CCN(CCCCCCNC(=O)C4CCN(c5ccc6nnn(C7CCC(=O)NC7=O)c(=O)c6c5)CC4)CC3)cc2)[C@@H](N(C)C)C1. The van der Waals surface area contributed by atoms with E-state index in [1.807, 2.05) is 19.1 Å². The molecule has 8 rings (SSSR count). The maximum atomic E-state index is 14.7. The monoisotopic (exact) mass is 863 g/mol. The highest BCUT2D eigenvalue weighted by Gasteiger charge is 2.36. The van der Waals surface area contributed by atoms with E-state index in [1.165, 1.54) is 11.3 Å². The molecule has 4 aliphatic rings. The Kier molecular flexibility index (Phi) is 14.1. The fraction of sp³-hybridized carbons (Fsp3) is 0.542. The number of carbonyl (C=O) groups is 3. The van der Waals surface area contributed by atoms with Gasteiger partial charge in [0.05, 0.1) is 5.39 Å². The summed E-state index contributed by atoms with van der Waals surface area (Å²) in [6.07, 6.45) is 6.20. The van der Waals surface area contributed by atoms with Gasteiger partial charge in [0, 0.05) is 107 Å². The molecule has 0 aliphatic carbocycles. The summed E-state index contributed by atoms with van der Waals surface area (Å²) in [5, 5.41) is 14.0. The fourth-order valence-corrected chi connectivity index (χ4v) is 10.0. The molecule has 0 saturated carbocycles. The lowest BCUT2D eigenvalue weighted by Gasteiger charge is -2.36. The van der Waals surface area contributed by atoms with Crippen molar-refractivity contribution in [2.24, 2.45) is 5.92 Å². The molecule has 0 radical (unpaired) electrons. The van der Waals surface area contributed by atoms with E-state index >= 15 is 0 Å². The van der Waals surface area contributed by atoms with Gasteiger partial charge in [0.25, 0.3) is 11.5 Å². The molecule has 1 unspecified atom stereocenters. The number of halogens is 1. The van der Waals surface area contributed by atoms with Crippen LogP contribution in [0.2, 0.25) is 0 Å². The van der Waals surface area contributed by atoms with Gasteiger partial charge in [-0.15, -0.1) is 5.10 Å². The smallest absolute Gasteiger partial charge is 0.278 e. The molecule has 0 spiro atoms. The summed E-state index contributed by atoms with van der Waals surface area (Å²) >= 11 is 0. The van der Waals surface area contributed by atoms with Crippen LogP contribution < -0.4 is 26.0 Å². The number of aryl methyl sites for hydroxylation is 1. The number of anilines is 2. The molecule has 0 bridgehead atoms. The number of hydrogen-bond donors (Lipinski definition) is 2. The van der Waals surface area contributed by atoms with Gasteiger partial charge in [0.2, 0.25) is 11.8 Å². The third-order valence-electron chi connectivity index (χ3n) is 13.9. The second kappa shape index (κ2) is 20.1. The zero-order valence-corrected chi connectivity index (χ0v) is 37.1. The molecule has 15 heteroatoms. The van der Waals surface area contributed by atoms with Crippen molar-refractivity contribution >= 4 is 40.0 Å². The molecular weight excluding hydrogens is 800 g/mol. The summed E-state index contributed by atoms with van der Waals surface area (Å²) in [5.41, 5.74) is 5.36. The van der Waals surface area contributed by atoms with Crippen LogP contribution in [-0.4, -0.2) is 133 Å². The summed E-state index contributed by atoms with van der Waals surface area (Å²) in [6, 6.07) is 19.5. The Labute approximate surface area is 369 Å². The number of fused-ring (bicyclic) bond motifs is 1. The van der Waals surface area contributed by atoms with Crippen molar-refractivity contribution in [1.29, 1.82) is 0 Å². The van der Waals surface area contributed by atoms with E-state index in [4.69, 9.17) is 0 Å². The molecule has 3 atom stereocenters. The van der Waals surface area contributed by atoms with E-state index in [-0.39, 0.29) is 36.4 Å². The number of carbonyl (C=O) groups excluding carboxylic acids is 3. The first kappa shape index (κ1) is 44.4. The number of nitrogens with zero attached hydrogens (tertiary/aromatic N) is 8. The predicted octanol–water partition coefficient (Wildman–Crippen LogP) is 4.46. The fourth-order valence-electron chi connectivity index (χ4n) is 10.0. The third-order valence-corrected chi connectivity index (χ3v) is 13.9. The van der Waals surface area contributed by atoms with E-state index in [9.17, 15) is 23.6 Å². The number of piperazine rings is 1. The minimum absolute atomic E-state index is 0.0367. The highest BCUT2D eigenvalue weighted by atomic mass is 19.1. The number of rotatable bonds is 15. The molecule has 63 heavy (non-hydrogen) atoms. The number of benzene rings is 3. The van der Waals surface area contributed by atoms with E-state index in [0.29, 0.717) is 49.0 Å². The molecular formula is C48H63FN10O4. The average molecular weight is 863 g/mol. The number of aromatic nitrogens is 3. The summed E-state index contributed by atoms with van der Waals surface area (Å²) in [6.45, 7) is 11.8. The zero-order chi connectivity index (χ0) is 44.0. The Hall–Kier alpha value is -5.25. The first-order chi connectivity index (χ1) is 30.5. The molecule has 1 aromatic heterocycles. The molecule has 4 saturated heterocycles. The first-order valence-electron chi connectivity index (χ1n) is 23.0. The summed E-state index contributed by atoms with van der Waals surface area (Å²) in [4.78, 5) is 62.4. The molecule has 5 heterocycles. The first-order valence-corrected chi connectivity index (χ1v) is 23.0. The quantitative estimate of drug-likeness (QED) is 0.130. The van der Waals surface area contributed by atoms with Crippen molar-refractivity contribution in [3.63, 3.8) is 0 Å². The number of piperidine rings is 2. The van der Waals surface area contributed by atoms with Gasteiger partial charge in [-0.1, -0.05) is 42.3 Å². The lowest BCUT2D eigenvalue weighted by molar-refractivity contribution is -0.136. The van der Waals surface area contributed by atoms with Crippen molar-refractivity contribution in [1.82, 2.24) is 40.3 Å². The van der Waals surface area contributed by atoms with Crippen LogP contribution in [0.15, 0.2) is 65.5 Å². The Bertz CT molecular complexity index is 2280. The topological polar surface area (TPSA) is 139 Å².